The second kappa shape index (κ2) is 3.42. The molecule has 0 saturated carbocycles. The number of hydrogen-bond donors (Lipinski definition) is 0. The van der Waals surface area contributed by atoms with Gasteiger partial charge in [0.25, 0.3) is 0 Å². The molecule has 0 atom stereocenters. The standard InChI is InChI=1S/C10H13N3O2/c1-6-7(2)13-9(15-4)5-8(14-3)12-10(13)11-6/h5H,1-4H3. The summed E-state index contributed by atoms with van der Waals surface area (Å²) in [5.74, 6) is 1.78. The van der Waals surface area contributed by atoms with Crippen molar-refractivity contribution in [3.05, 3.63) is 17.5 Å². The molecule has 0 aliphatic rings. The van der Waals surface area contributed by atoms with Crippen molar-refractivity contribution in [2.24, 2.45) is 0 Å². The van der Waals surface area contributed by atoms with Crippen LogP contribution in [-0.2, 0) is 0 Å². The molecule has 2 aromatic heterocycles. The predicted molar refractivity (Wildman–Crippen MR) is 55.6 cm³/mol. The van der Waals surface area contributed by atoms with Crippen LogP contribution in [0.2, 0.25) is 0 Å². The Morgan fingerprint density at radius 2 is 1.87 bits per heavy atom. The van der Waals surface area contributed by atoms with Gasteiger partial charge in [0.2, 0.25) is 17.5 Å². The molecule has 0 fully saturated rings. The number of fused-ring (bicyclic) bond motifs is 1. The molecular formula is C10H13N3O2. The van der Waals surface area contributed by atoms with Crippen LogP contribution in [0.1, 0.15) is 11.4 Å². The molecule has 0 aromatic carbocycles. The van der Waals surface area contributed by atoms with Crippen LogP contribution in [0.3, 0.4) is 0 Å². The third-order valence-corrected chi connectivity index (χ3v) is 2.42. The number of aromatic nitrogens is 3. The third kappa shape index (κ3) is 1.40. The van der Waals surface area contributed by atoms with E-state index in [1.54, 1.807) is 20.3 Å². The Bertz CT molecular complexity index is 505. The summed E-state index contributed by atoms with van der Waals surface area (Å²) >= 11 is 0. The molecule has 0 spiro atoms. The molecule has 2 heterocycles. The molecule has 0 aliphatic carbocycles. The highest BCUT2D eigenvalue weighted by atomic mass is 16.5. The Hall–Kier alpha value is -1.78. The highest BCUT2D eigenvalue weighted by molar-refractivity contribution is 5.42. The highest BCUT2D eigenvalue weighted by Gasteiger charge is 2.12. The van der Waals surface area contributed by atoms with Crippen molar-refractivity contribution in [2.75, 3.05) is 14.2 Å². The second-order valence-corrected chi connectivity index (χ2v) is 3.26. The topological polar surface area (TPSA) is 48.7 Å². The van der Waals surface area contributed by atoms with Crippen LogP contribution in [0, 0.1) is 13.8 Å². The lowest BCUT2D eigenvalue weighted by Crippen LogP contribution is -1.99. The van der Waals surface area contributed by atoms with Gasteiger partial charge in [0.1, 0.15) is 0 Å². The molecule has 15 heavy (non-hydrogen) atoms. The molecule has 5 heteroatoms. The van der Waals surface area contributed by atoms with E-state index < -0.39 is 0 Å². The summed E-state index contributed by atoms with van der Waals surface area (Å²) in [7, 11) is 3.18. The van der Waals surface area contributed by atoms with E-state index in [1.807, 2.05) is 18.2 Å². The molecule has 0 amide bonds. The summed E-state index contributed by atoms with van der Waals surface area (Å²) in [6.45, 7) is 3.92. The van der Waals surface area contributed by atoms with Crippen molar-refractivity contribution in [1.29, 1.82) is 0 Å². The van der Waals surface area contributed by atoms with Gasteiger partial charge in [-0.25, -0.2) is 4.98 Å². The molecule has 0 saturated heterocycles. The van der Waals surface area contributed by atoms with E-state index in [1.165, 1.54) is 0 Å². The molecule has 0 N–H and O–H groups in total. The number of imidazole rings is 1. The van der Waals surface area contributed by atoms with Crippen LogP contribution >= 0.6 is 0 Å². The van der Waals surface area contributed by atoms with Crippen LogP contribution in [0.15, 0.2) is 6.07 Å². The van der Waals surface area contributed by atoms with E-state index in [9.17, 15) is 0 Å². The molecule has 0 radical (unpaired) electrons. The normalized spacial score (nSPS) is 10.7. The number of methoxy groups -OCH3 is 2. The van der Waals surface area contributed by atoms with E-state index in [-0.39, 0.29) is 0 Å². The predicted octanol–water partition coefficient (Wildman–Crippen LogP) is 1.36. The molecule has 80 valence electrons. The zero-order valence-electron chi connectivity index (χ0n) is 9.24. The lowest BCUT2D eigenvalue weighted by Gasteiger charge is -2.06. The van der Waals surface area contributed by atoms with Gasteiger partial charge in [-0.3, -0.25) is 4.40 Å². The summed E-state index contributed by atoms with van der Waals surface area (Å²) in [6, 6.07) is 1.74. The summed E-state index contributed by atoms with van der Waals surface area (Å²) in [5.41, 5.74) is 1.96. The van der Waals surface area contributed by atoms with E-state index in [4.69, 9.17) is 9.47 Å². The largest absolute Gasteiger partial charge is 0.482 e. The van der Waals surface area contributed by atoms with Crippen LogP contribution in [0.25, 0.3) is 5.78 Å². The summed E-state index contributed by atoms with van der Waals surface area (Å²) in [6.07, 6.45) is 0. The quantitative estimate of drug-likeness (QED) is 0.746. The highest BCUT2D eigenvalue weighted by Crippen LogP contribution is 2.22. The maximum absolute atomic E-state index is 5.27. The molecular weight excluding hydrogens is 194 g/mol. The number of hydrogen-bond acceptors (Lipinski definition) is 4. The SMILES string of the molecule is COc1cc(OC)n2c(C)c(C)nc2n1. The Morgan fingerprint density at radius 3 is 2.47 bits per heavy atom. The van der Waals surface area contributed by atoms with Gasteiger partial charge >= 0.3 is 0 Å². The molecule has 0 unspecified atom stereocenters. The van der Waals surface area contributed by atoms with Gasteiger partial charge in [-0.05, 0) is 13.8 Å². The first-order valence-corrected chi connectivity index (χ1v) is 4.62. The molecule has 5 nitrogen and oxygen atoms in total. The lowest BCUT2D eigenvalue weighted by atomic mass is 10.4. The molecule has 0 aliphatic heterocycles. The van der Waals surface area contributed by atoms with Gasteiger partial charge in [0, 0.05) is 5.69 Å². The first kappa shape index (κ1) is 9.76. The van der Waals surface area contributed by atoms with Gasteiger partial charge in [-0.1, -0.05) is 0 Å². The average molecular weight is 207 g/mol. The zero-order valence-corrected chi connectivity index (χ0v) is 9.24. The minimum Gasteiger partial charge on any atom is -0.482 e. The van der Waals surface area contributed by atoms with Gasteiger partial charge in [-0.2, -0.15) is 4.98 Å². The van der Waals surface area contributed by atoms with Crippen LogP contribution in [0.5, 0.6) is 11.8 Å². The molecule has 2 aromatic rings. The fourth-order valence-corrected chi connectivity index (χ4v) is 1.49. The van der Waals surface area contributed by atoms with E-state index in [2.05, 4.69) is 9.97 Å². The smallest absolute Gasteiger partial charge is 0.240 e. The Balaban J connectivity index is 2.81. The molecule has 2 rings (SSSR count). The Kier molecular flexibility index (Phi) is 2.22. The summed E-state index contributed by atoms with van der Waals surface area (Å²) in [5, 5.41) is 0. The van der Waals surface area contributed by atoms with Gasteiger partial charge < -0.3 is 9.47 Å². The van der Waals surface area contributed by atoms with Crippen LogP contribution in [0.4, 0.5) is 0 Å². The van der Waals surface area contributed by atoms with Gasteiger partial charge in [0.05, 0.1) is 26.0 Å². The van der Waals surface area contributed by atoms with Gasteiger partial charge in [0.15, 0.2) is 0 Å². The Labute approximate surface area is 87.7 Å². The van der Waals surface area contributed by atoms with Crippen molar-refractivity contribution in [2.45, 2.75) is 13.8 Å². The number of ether oxygens (including phenoxy) is 2. The van der Waals surface area contributed by atoms with Crippen molar-refractivity contribution < 1.29 is 9.47 Å². The van der Waals surface area contributed by atoms with Gasteiger partial charge in [-0.15, -0.1) is 0 Å². The van der Waals surface area contributed by atoms with Crippen LogP contribution < -0.4 is 9.47 Å². The fraction of sp³-hybridized carbons (Fsp3) is 0.400. The Morgan fingerprint density at radius 1 is 1.13 bits per heavy atom. The summed E-state index contributed by atoms with van der Waals surface area (Å²) in [4.78, 5) is 8.56. The minimum absolute atomic E-state index is 0.504. The maximum atomic E-state index is 5.27. The van der Waals surface area contributed by atoms with E-state index in [0.717, 1.165) is 11.4 Å². The maximum Gasteiger partial charge on any atom is 0.240 e. The summed E-state index contributed by atoms with van der Waals surface area (Å²) < 4.78 is 12.2. The van der Waals surface area contributed by atoms with E-state index >= 15 is 0 Å². The minimum atomic E-state index is 0.504. The first-order chi connectivity index (χ1) is 7.17. The zero-order chi connectivity index (χ0) is 11.0. The van der Waals surface area contributed by atoms with Crippen molar-refractivity contribution >= 4 is 5.78 Å². The first-order valence-electron chi connectivity index (χ1n) is 4.62. The number of rotatable bonds is 2. The van der Waals surface area contributed by atoms with Crippen molar-refractivity contribution in [3.8, 4) is 11.8 Å². The van der Waals surface area contributed by atoms with Crippen LogP contribution in [-0.4, -0.2) is 28.6 Å². The molecule has 0 bridgehead atoms. The third-order valence-electron chi connectivity index (χ3n) is 2.42. The number of aryl methyl sites for hydroxylation is 2. The fourth-order valence-electron chi connectivity index (χ4n) is 1.49. The average Bonchev–Trinajstić information content (AvgIpc) is 2.53. The number of nitrogens with zero attached hydrogens (tertiary/aromatic N) is 3. The van der Waals surface area contributed by atoms with Crippen molar-refractivity contribution in [3.63, 3.8) is 0 Å². The van der Waals surface area contributed by atoms with E-state index in [0.29, 0.717) is 17.5 Å². The lowest BCUT2D eigenvalue weighted by molar-refractivity contribution is 0.369. The monoisotopic (exact) mass is 207 g/mol. The second-order valence-electron chi connectivity index (χ2n) is 3.26. The van der Waals surface area contributed by atoms with Crippen molar-refractivity contribution in [1.82, 2.24) is 14.4 Å².